The maximum atomic E-state index is 13.2. The number of hydrogen-bond acceptors (Lipinski definition) is 5. The summed E-state index contributed by atoms with van der Waals surface area (Å²) in [5.74, 6) is -1.18. The Morgan fingerprint density at radius 2 is 2.07 bits per heavy atom. The molecule has 2 N–H and O–H groups in total. The van der Waals surface area contributed by atoms with Crippen molar-refractivity contribution in [2.24, 2.45) is 5.41 Å². The van der Waals surface area contributed by atoms with E-state index in [1.54, 1.807) is 0 Å². The molecule has 1 aliphatic heterocycles. The summed E-state index contributed by atoms with van der Waals surface area (Å²) in [4.78, 5) is 16.3. The minimum absolute atomic E-state index is 0.0311. The molecule has 0 spiro atoms. The minimum Gasteiger partial charge on any atom is -0.380 e. The summed E-state index contributed by atoms with van der Waals surface area (Å²) in [6.07, 6.45) is 1.32. The fourth-order valence-electron chi connectivity index (χ4n) is 2.59. The van der Waals surface area contributed by atoms with Gasteiger partial charge in [-0.2, -0.15) is 0 Å². The highest BCUT2D eigenvalue weighted by atomic mass is 35.5. The first-order valence-corrected chi connectivity index (χ1v) is 10.00. The first kappa shape index (κ1) is 19.5. The van der Waals surface area contributed by atoms with Crippen molar-refractivity contribution in [3.63, 3.8) is 0 Å². The smallest absolute Gasteiger partial charge is 0.255 e. The molecular weight excluding hydrogens is 397 g/mol. The maximum Gasteiger partial charge on any atom is 0.255 e. The SMILES string of the molecule is CC1(CS(=O)(=O)Nc2cc(C(=O)Nc3ccc(F)c(Cl)c3)ccn2)COC1. The van der Waals surface area contributed by atoms with Crippen molar-refractivity contribution in [2.45, 2.75) is 6.92 Å². The van der Waals surface area contributed by atoms with E-state index in [1.165, 1.54) is 30.5 Å². The molecule has 0 aliphatic carbocycles. The van der Waals surface area contributed by atoms with E-state index in [2.05, 4.69) is 15.0 Å². The summed E-state index contributed by atoms with van der Waals surface area (Å²) >= 11 is 5.69. The number of pyridine rings is 1. The van der Waals surface area contributed by atoms with E-state index >= 15 is 0 Å². The van der Waals surface area contributed by atoms with Crippen molar-refractivity contribution in [1.82, 2.24) is 4.98 Å². The van der Waals surface area contributed by atoms with Crippen LogP contribution < -0.4 is 10.0 Å². The molecule has 1 aromatic carbocycles. The number of sulfonamides is 1. The number of amides is 1. The van der Waals surface area contributed by atoms with Crippen LogP contribution in [0, 0.1) is 11.2 Å². The van der Waals surface area contributed by atoms with Crippen LogP contribution in [0.1, 0.15) is 17.3 Å². The topological polar surface area (TPSA) is 97.4 Å². The Kier molecular flexibility index (Phi) is 5.36. The van der Waals surface area contributed by atoms with Gasteiger partial charge in [-0.3, -0.25) is 9.52 Å². The zero-order chi connectivity index (χ0) is 19.7. The third-order valence-corrected chi connectivity index (χ3v) is 5.79. The molecule has 3 rings (SSSR count). The van der Waals surface area contributed by atoms with Crippen LogP contribution in [0.3, 0.4) is 0 Å². The molecule has 0 saturated carbocycles. The Hall–Kier alpha value is -2.23. The summed E-state index contributed by atoms with van der Waals surface area (Å²) in [6.45, 7) is 2.58. The van der Waals surface area contributed by atoms with Crippen molar-refractivity contribution in [1.29, 1.82) is 0 Å². The number of halogens is 2. The van der Waals surface area contributed by atoms with Gasteiger partial charge in [0, 0.05) is 22.9 Å². The Morgan fingerprint density at radius 1 is 1.33 bits per heavy atom. The average molecular weight is 414 g/mol. The normalized spacial score (nSPS) is 15.7. The van der Waals surface area contributed by atoms with Gasteiger partial charge < -0.3 is 10.1 Å². The second-order valence-electron chi connectivity index (χ2n) is 6.68. The highest BCUT2D eigenvalue weighted by molar-refractivity contribution is 7.92. The number of anilines is 2. The van der Waals surface area contributed by atoms with Crippen molar-refractivity contribution < 1.29 is 22.3 Å². The Labute approximate surface area is 160 Å². The molecule has 0 atom stereocenters. The standard InChI is InChI=1S/C17H17ClFN3O4S/c1-17(8-26-9-17)10-27(24,25)22-15-6-11(4-5-20-15)16(23)21-12-2-3-14(19)13(18)7-12/h2-7H,8-10H2,1H3,(H,20,22)(H,21,23). The number of nitrogens with zero attached hydrogens (tertiary/aromatic N) is 1. The lowest BCUT2D eigenvalue weighted by atomic mass is 9.92. The number of benzene rings is 1. The lowest BCUT2D eigenvalue weighted by Crippen LogP contribution is -2.46. The Balaban J connectivity index is 1.70. The van der Waals surface area contributed by atoms with Crippen molar-refractivity contribution in [3.8, 4) is 0 Å². The predicted octanol–water partition coefficient (Wildman–Crippen LogP) is 2.90. The number of hydrogen-bond donors (Lipinski definition) is 2. The van der Waals surface area contributed by atoms with Crippen LogP contribution in [-0.2, 0) is 14.8 Å². The monoisotopic (exact) mass is 413 g/mol. The molecule has 1 aromatic heterocycles. The molecule has 1 fully saturated rings. The molecule has 7 nitrogen and oxygen atoms in total. The van der Waals surface area contributed by atoms with Crippen molar-refractivity contribution in [3.05, 3.63) is 52.9 Å². The van der Waals surface area contributed by atoms with E-state index in [0.29, 0.717) is 18.9 Å². The Morgan fingerprint density at radius 3 is 2.70 bits per heavy atom. The maximum absolute atomic E-state index is 13.2. The molecule has 1 saturated heterocycles. The van der Waals surface area contributed by atoms with Gasteiger partial charge in [-0.1, -0.05) is 18.5 Å². The minimum atomic E-state index is -3.65. The van der Waals surface area contributed by atoms with Gasteiger partial charge >= 0.3 is 0 Å². The van der Waals surface area contributed by atoms with E-state index in [-0.39, 0.29) is 22.2 Å². The van der Waals surface area contributed by atoms with Crippen LogP contribution in [0.15, 0.2) is 36.5 Å². The molecule has 0 bridgehead atoms. The van der Waals surface area contributed by atoms with E-state index in [1.807, 2.05) is 6.92 Å². The quantitative estimate of drug-likeness (QED) is 0.758. The molecule has 144 valence electrons. The van der Waals surface area contributed by atoms with Gasteiger partial charge in [-0.25, -0.2) is 17.8 Å². The summed E-state index contributed by atoms with van der Waals surface area (Å²) < 4.78 is 45.2. The first-order chi connectivity index (χ1) is 12.7. The first-order valence-electron chi connectivity index (χ1n) is 7.97. The summed E-state index contributed by atoms with van der Waals surface area (Å²) in [6, 6.07) is 6.53. The average Bonchev–Trinajstić information content (AvgIpc) is 2.56. The van der Waals surface area contributed by atoms with Crippen molar-refractivity contribution >= 4 is 39.0 Å². The van der Waals surface area contributed by atoms with Gasteiger partial charge in [0.15, 0.2) is 0 Å². The second-order valence-corrected chi connectivity index (χ2v) is 8.81. The van der Waals surface area contributed by atoms with E-state index in [4.69, 9.17) is 16.3 Å². The fourth-order valence-corrected chi connectivity index (χ4v) is 4.36. The molecule has 0 radical (unpaired) electrons. The lowest BCUT2D eigenvalue weighted by Gasteiger charge is -2.37. The summed E-state index contributed by atoms with van der Waals surface area (Å²) in [5.41, 5.74) is 0.0625. The third kappa shape index (κ3) is 4.94. The van der Waals surface area contributed by atoms with Gasteiger partial charge in [0.1, 0.15) is 11.6 Å². The molecule has 2 heterocycles. The number of aromatic nitrogens is 1. The zero-order valence-corrected chi connectivity index (χ0v) is 15.9. The zero-order valence-electron chi connectivity index (χ0n) is 14.3. The molecular formula is C17H17ClFN3O4S. The second kappa shape index (κ2) is 7.41. The van der Waals surface area contributed by atoms with E-state index < -0.39 is 27.2 Å². The number of ether oxygens (including phenoxy) is 1. The van der Waals surface area contributed by atoms with Gasteiger partial charge in [0.25, 0.3) is 5.91 Å². The molecule has 2 aromatic rings. The molecule has 1 aliphatic rings. The summed E-state index contributed by atoms with van der Waals surface area (Å²) in [7, 11) is -3.65. The van der Waals surface area contributed by atoms with Gasteiger partial charge in [0.05, 0.1) is 24.0 Å². The summed E-state index contributed by atoms with van der Waals surface area (Å²) in [5, 5.41) is 2.44. The lowest BCUT2D eigenvalue weighted by molar-refractivity contribution is -0.0869. The van der Waals surface area contributed by atoms with E-state index in [0.717, 1.165) is 6.07 Å². The van der Waals surface area contributed by atoms with Crippen molar-refractivity contribution in [2.75, 3.05) is 29.0 Å². The molecule has 0 unspecified atom stereocenters. The molecule has 1 amide bonds. The number of carbonyl (C=O) groups is 1. The van der Waals surface area contributed by atoms with Crippen LogP contribution >= 0.6 is 11.6 Å². The molecule has 10 heteroatoms. The highest BCUT2D eigenvalue weighted by Crippen LogP contribution is 2.28. The van der Waals surface area contributed by atoms with Crippen LogP contribution in [0.25, 0.3) is 0 Å². The number of carbonyl (C=O) groups excluding carboxylic acids is 1. The van der Waals surface area contributed by atoms with E-state index in [9.17, 15) is 17.6 Å². The highest BCUT2D eigenvalue weighted by Gasteiger charge is 2.38. The number of rotatable bonds is 6. The molecule has 27 heavy (non-hydrogen) atoms. The Bertz CT molecular complexity index is 980. The third-order valence-electron chi connectivity index (χ3n) is 3.90. The fraction of sp³-hybridized carbons (Fsp3) is 0.294. The number of nitrogens with one attached hydrogen (secondary N) is 2. The van der Waals surface area contributed by atoms with Gasteiger partial charge in [-0.05, 0) is 30.3 Å². The predicted molar refractivity (Wildman–Crippen MR) is 99.9 cm³/mol. The van der Waals surface area contributed by atoms with Crippen LogP contribution in [-0.4, -0.2) is 38.3 Å². The van der Waals surface area contributed by atoms with Crippen LogP contribution in [0.5, 0.6) is 0 Å². The van der Waals surface area contributed by atoms with Gasteiger partial charge in [0.2, 0.25) is 10.0 Å². The van der Waals surface area contributed by atoms with Gasteiger partial charge in [-0.15, -0.1) is 0 Å². The van der Waals surface area contributed by atoms with Crippen LogP contribution in [0.4, 0.5) is 15.9 Å². The largest absolute Gasteiger partial charge is 0.380 e. The van der Waals surface area contributed by atoms with Crippen LogP contribution in [0.2, 0.25) is 5.02 Å².